The van der Waals surface area contributed by atoms with Crippen molar-refractivity contribution in [3.8, 4) is 0 Å². The molecule has 0 unspecified atom stereocenters. The molecule has 4 rings (SSSR count). The summed E-state index contributed by atoms with van der Waals surface area (Å²) in [5.74, 6) is -0.486. The van der Waals surface area contributed by atoms with Crippen LogP contribution in [0.2, 0.25) is 0 Å². The second-order valence-electron chi connectivity index (χ2n) is 6.19. The molecule has 0 aliphatic rings. The Hall–Kier alpha value is -3.95. The van der Waals surface area contributed by atoms with Gasteiger partial charge in [-0.15, -0.1) is 0 Å². The van der Waals surface area contributed by atoms with E-state index in [1.54, 1.807) is 25.5 Å². The van der Waals surface area contributed by atoms with Gasteiger partial charge in [-0.25, -0.2) is 9.97 Å². The highest BCUT2D eigenvalue weighted by atomic mass is 16.5. The van der Waals surface area contributed by atoms with Crippen LogP contribution in [-0.2, 0) is 16.1 Å². The van der Waals surface area contributed by atoms with Gasteiger partial charge in [-0.2, -0.15) is 0 Å². The lowest BCUT2D eigenvalue weighted by Crippen LogP contribution is -2.25. The molecule has 0 saturated carbocycles. The highest BCUT2D eigenvalue weighted by Crippen LogP contribution is 2.09. The highest BCUT2D eigenvalue weighted by Gasteiger charge is 2.09. The first-order valence-electron chi connectivity index (χ1n) is 8.57. The molecule has 0 atom stereocenters. The van der Waals surface area contributed by atoms with Crippen LogP contribution in [0.1, 0.15) is 11.1 Å². The maximum atomic E-state index is 12.1. The number of aromatic nitrogens is 6. The predicted molar refractivity (Wildman–Crippen MR) is 105 cm³/mol. The number of fused-ring (bicyclic) bond motifs is 2. The average molecular weight is 394 g/mol. The zero-order chi connectivity index (χ0) is 21.0. The number of pyridine rings is 2. The third kappa shape index (κ3) is 4.15. The quantitative estimate of drug-likeness (QED) is 0.496. The van der Waals surface area contributed by atoms with Crippen LogP contribution in [0.25, 0.3) is 21.8 Å². The molecule has 1 N–H and O–H groups in total. The second kappa shape index (κ2) is 8.38. The number of esters is 1. The molecular formula is C19H18N6O4. The molecule has 0 radical (unpaired) electrons. The maximum Gasteiger partial charge on any atom is 0.325 e. The fraction of sp³-hybridized carbons (Fsp3) is 0.211. The van der Waals surface area contributed by atoms with E-state index in [1.807, 2.05) is 6.92 Å². The van der Waals surface area contributed by atoms with E-state index < -0.39 is 5.97 Å². The second-order valence-corrected chi connectivity index (χ2v) is 6.19. The van der Waals surface area contributed by atoms with Gasteiger partial charge in [-0.05, 0) is 25.0 Å². The summed E-state index contributed by atoms with van der Waals surface area (Å²) >= 11 is 0. The third-order valence-electron chi connectivity index (χ3n) is 4.20. The van der Waals surface area contributed by atoms with Crippen LogP contribution < -0.4 is 11.1 Å². The van der Waals surface area contributed by atoms with Crippen LogP contribution in [0, 0.1) is 13.8 Å². The summed E-state index contributed by atoms with van der Waals surface area (Å²) in [6.45, 7) is 3.48. The van der Waals surface area contributed by atoms with Gasteiger partial charge in [-0.3, -0.25) is 28.9 Å². The summed E-state index contributed by atoms with van der Waals surface area (Å²) in [6, 6.07) is 0. The lowest BCUT2D eigenvalue weighted by Gasteiger charge is -2.06. The molecule has 0 saturated heterocycles. The Kier molecular flexibility index (Phi) is 5.72. The first-order valence-corrected chi connectivity index (χ1v) is 8.57. The SMILES string of the molecule is COC(=O)Cn1cnc2cncc(C)c2c1=O.Cc1cncc2nc[nH]c(=O)c12. The molecule has 0 amide bonds. The zero-order valence-electron chi connectivity index (χ0n) is 16.0. The van der Waals surface area contributed by atoms with E-state index in [1.165, 1.54) is 30.5 Å². The number of ether oxygens (including phenoxy) is 1. The molecule has 0 aliphatic carbocycles. The highest BCUT2D eigenvalue weighted by molar-refractivity contribution is 5.80. The van der Waals surface area contributed by atoms with Gasteiger partial charge >= 0.3 is 5.97 Å². The molecule has 4 aromatic heterocycles. The summed E-state index contributed by atoms with van der Waals surface area (Å²) < 4.78 is 5.74. The molecule has 10 nitrogen and oxygen atoms in total. The van der Waals surface area contributed by atoms with Gasteiger partial charge in [0.15, 0.2) is 0 Å². The number of aromatic amines is 1. The van der Waals surface area contributed by atoms with E-state index >= 15 is 0 Å². The van der Waals surface area contributed by atoms with Gasteiger partial charge in [0, 0.05) is 12.4 Å². The van der Waals surface area contributed by atoms with Crippen molar-refractivity contribution in [2.24, 2.45) is 0 Å². The number of methoxy groups -OCH3 is 1. The van der Waals surface area contributed by atoms with E-state index in [-0.39, 0.29) is 17.7 Å². The van der Waals surface area contributed by atoms with Gasteiger partial charge < -0.3 is 9.72 Å². The van der Waals surface area contributed by atoms with Crippen molar-refractivity contribution in [3.63, 3.8) is 0 Å². The number of aryl methyl sites for hydroxylation is 2. The van der Waals surface area contributed by atoms with Crippen molar-refractivity contribution in [2.45, 2.75) is 20.4 Å². The number of carbonyl (C=O) groups excluding carboxylic acids is 1. The Balaban J connectivity index is 0.000000176. The fourth-order valence-corrected chi connectivity index (χ4v) is 2.75. The normalized spacial score (nSPS) is 10.4. The molecule has 0 aliphatic heterocycles. The molecule has 0 spiro atoms. The van der Waals surface area contributed by atoms with Crippen molar-refractivity contribution < 1.29 is 9.53 Å². The average Bonchev–Trinajstić information content (AvgIpc) is 2.71. The van der Waals surface area contributed by atoms with Crippen molar-refractivity contribution in [2.75, 3.05) is 7.11 Å². The minimum atomic E-state index is -0.486. The minimum absolute atomic E-state index is 0.111. The van der Waals surface area contributed by atoms with Gasteiger partial charge in [0.1, 0.15) is 6.54 Å². The first kappa shape index (κ1) is 19.8. The Labute approximate surface area is 164 Å². The van der Waals surface area contributed by atoms with E-state index in [0.29, 0.717) is 21.8 Å². The molecule has 4 aromatic rings. The lowest BCUT2D eigenvalue weighted by molar-refractivity contribution is -0.141. The minimum Gasteiger partial charge on any atom is -0.468 e. The summed E-state index contributed by atoms with van der Waals surface area (Å²) in [6.07, 6.45) is 9.05. The summed E-state index contributed by atoms with van der Waals surface area (Å²) in [5, 5.41) is 1.10. The van der Waals surface area contributed by atoms with Gasteiger partial charge in [-0.1, -0.05) is 0 Å². The fourth-order valence-electron chi connectivity index (χ4n) is 2.75. The first-order chi connectivity index (χ1) is 13.9. The van der Waals surface area contributed by atoms with Crippen LogP contribution in [-0.4, -0.2) is 42.6 Å². The number of carbonyl (C=O) groups is 1. The van der Waals surface area contributed by atoms with Crippen LogP contribution >= 0.6 is 0 Å². The van der Waals surface area contributed by atoms with Crippen LogP contribution in [0.4, 0.5) is 0 Å². The van der Waals surface area contributed by atoms with E-state index in [9.17, 15) is 14.4 Å². The molecule has 0 fully saturated rings. The number of hydrogen-bond acceptors (Lipinski definition) is 8. The Morgan fingerprint density at radius 2 is 1.62 bits per heavy atom. The standard InChI is InChI=1S/C11H11N3O3.C8H7N3O/c1-7-3-12-4-8-10(7)11(16)14(6-13-8)5-9(15)17-2;1-5-2-9-3-6-7(5)8(12)11-4-10-6/h3-4,6H,5H2,1-2H3;2-4H,1H3,(H,10,11,12). The van der Waals surface area contributed by atoms with Crippen LogP contribution in [0.5, 0.6) is 0 Å². The predicted octanol–water partition coefficient (Wildman–Crippen LogP) is 0.899. The summed E-state index contributed by atoms with van der Waals surface area (Å²) in [4.78, 5) is 53.0. The Morgan fingerprint density at radius 1 is 1.00 bits per heavy atom. The van der Waals surface area contributed by atoms with E-state index in [0.717, 1.165) is 11.1 Å². The van der Waals surface area contributed by atoms with Crippen LogP contribution in [0.15, 0.2) is 47.0 Å². The van der Waals surface area contributed by atoms with E-state index in [4.69, 9.17) is 0 Å². The number of hydrogen-bond donors (Lipinski definition) is 1. The zero-order valence-corrected chi connectivity index (χ0v) is 16.0. The molecule has 29 heavy (non-hydrogen) atoms. The number of nitrogens with zero attached hydrogens (tertiary/aromatic N) is 5. The Bertz CT molecular complexity index is 1310. The molecule has 0 aromatic carbocycles. The summed E-state index contributed by atoms with van der Waals surface area (Å²) in [7, 11) is 1.27. The number of H-pyrrole nitrogens is 1. The molecule has 148 valence electrons. The smallest absolute Gasteiger partial charge is 0.325 e. The Morgan fingerprint density at radius 3 is 2.24 bits per heavy atom. The molecule has 4 heterocycles. The van der Waals surface area contributed by atoms with Gasteiger partial charge in [0.25, 0.3) is 11.1 Å². The molecule has 0 bridgehead atoms. The van der Waals surface area contributed by atoms with Crippen molar-refractivity contribution >= 4 is 27.8 Å². The van der Waals surface area contributed by atoms with Gasteiger partial charge in [0.05, 0.1) is 54.0 Å². The monoisotopic (exact) mass is 394 g/mol. The molecular weight excluding hydrogens is 376 g/mol. The maximum absolute atomic E-state index is 12.1. The topological polar surface area (TPSA) is 133 Å². The molecule has 10 heteroatoms. The van der Waals surface area contributed by atoms with Crippen LogP contribution in [0.3, 0.4) is 0 Å². The van der Waals surface area contributed by atoms with Crippen molar-refractivity contribution in [1.82, 2.24) is 29.5 Å². The summed E-state index contributed by atoms with van der Waals surface area (Å²) in [5.41, 5.74) is 2.37. The lowest BCUT2D eigenvalue weighted by atomic mass is 10.2. The van der Waals surface area contributed by atoms with E-state index in [2.05, 4.69) is 29.7 Å². The number of nitrogens with one attached hydrogen (secondary N) is 1. The largest absolute Gasteiger partial charge is 0.468 e. The third-order valence-corrected chi connectivity index (χ3v) is 4.20. The van der Waals surface area contributed by atoms with Crippen molar-refractivity contribution in [1.29, 1.82) is 0 Å². The van der Waals surface area contributed by atoms with Crippen molar-refractivity contribution in [3.05, 3.63) is 69.3 Å². The van der Waals surface area contributed by atoms with Gasteiger partial charge in [0.2, 0.25) is 0 Å². The number of rotatable bonds is 2.